The van der Waals surface area contributed by atoms with Gasteiger partial charge in [-0.3, -0.25) is 9.78 Å². The lowest BCUT2D eigenvalue weighted by Gasteiger charge is -1.98. The van der Waals surface area contributed by atoms with Gasteiger partial charge in [0.1, 0.15) is 10.7 Å². The number of rotatable bonds is 2. The third-order valence-corrected chi connectivity index (χ3v) is 4.36. The van der Waals surface area contributed by atoms with Crippen molar-refractivity contribution in [3.8, 4) is 10.4 Å². The molecule has 5 heteroatoms. The number of hydrogen-bond acceptors (Lipinski definition) is 4. The van der Waals surface area contributed by atoms with Crippen molar-refractivity contribution in [1.29, 1.82) is 0 Å². The highest BCUT2D eigenvalue weighted by Gasteiger charge is 2.14. The molecule has 0 saturated heterocycles. The Morgan fingerprint density at radius 1 is 1.32 bits per heavy atom. The maximum Gasteiger partial charge on any atom is 0.259 e. The number of aromatic amines is 1. The molecule has 0 bridgehead atoms. The molecular weight excluding hydrogens is 258 g/mol. The van der Waals surface area contributed by atoms with Crippen LogP contribution in [0.4, 0.5) is 0 Å². The molecule has 3 heterocycles. The summed E-state index contributed by atoms with van der Waals surface area (Å²) in [6.07, 6.45) is 4.25. The number of aromatic nitrogens is 3. The molecule has 0 spiro atoms. The first-order valence-electron chi connectivity index (χ1n) is 6.13. The van der Waals surface area contributed by atoms with Gasteiger partial charge < -0.3 is 4.98 Å². The highest BCUT2D eigenvalue weighted by Crippen LogP contribution is 2.35. The lowest BCUT2D eigenvalue weighted by atomic mass is 10.1. The van der Waals surface area contributed by atoms with Crippen molar-refractivity contribution >= 4 is 21.6 Å². The Labute approximate surface area is 114 Å². The van der Waals surface area contributed by atoms with Crippen LogP contribution in [0.25, 0.3) is 20.7 Å². The molecule has 19 heavy (non-hydrogen) atoms. The third-order valence-electron chi connectivity index (χ3n) is 3.13. The lowest BCUT2D eigenvalue weighted by molar-refractivity contribution is 0.947. The van der Waals surface area contributed by atoms with Crippen LogP contribution in [0.5, 0.6) is 0 Å². The topological polar surface area (TPSA) is 58.6 Å². The molecular formula is C14H13N3OS. The van der Waals surface area contributed by atoms with Gasteiger partial charge in [0.15, 0.2) is 0 Å². The SMILES string of the molecule is CCc1nc2sc(-c3ccncc3)c(C)c2c(=O)[nH]1. The molecule has 0 saturated carbocycles. The van der Waals surface area contributed by atoms with E-state index in [0.29, 0.717) is 5.39 Å². The Balaban J connectivity index is 2.32. The van der Waals surface area contributed by atoms with Crippen LogP contribution in [0, 0.1) is 6.92 Å². The van der Waals surface area contributed by atoms with Crippen LogP contribution in [0.2, 0.25) is 0 Å². The van der Waals surface area contributed by atoms with Crippen LogP contribution in [-0.2, 0) is 6.42 Å². The molecule has 1 N–H and O–H groups in total. The summed E-state index contributed by atoms with van der Waals surface area (Å²) in [5.41, 5.74) is 2.02. The summed E-state index contributed by atoms with van der Waals surface area (Å²) in [5, 5.41) is 0.703. The summed E-state index contributed by atoms with van der Waals surface area (Å²) < 4.78 is 0. The Morgan fingerprint density at radius 3 is 2.74 bits per heavy atom. The van der Waals surface area contributed by atoms with Crippen molar-refractivity contribution in [3.05, 3.63) is 46.3 Å². The second-order valence-corrected chi connectivity index (χ2v) is 5.34. The monoisotopic (exact) mass is 271 g/mol. The largest absolute Gasteiger partial charge is 0.310 e. The van der Waals surface area contributed by atoms with E-state index in [1.54, 1.807) is 23.7 Å². The molecule has 0 aromatic carbocycles. The van der Waals surface area contributed by atoms with Crippen molar-refractivity contribution in [1.82, 2.24) is 15.0 Å². The van der Waals surface area contributed by atoms with Gasteiger partial charge in [0.25, 0.3) is 5.56 Å². The van der Waals surface area contributed by atoms with Crippen LogP contribution in [0.3, 0.4) is 0 Å². The van der Waals surface area contributed by atoms with Gasteiger partial charge in [-0.15, -0.1) is 11.3 Å². The summed E-state index contributed by atoms with van der Waals surface area (Å²) in [5.74, 6) is 0.736. The van der Waals surface area contributed by atoms with Gasteiger partial charge in [0, 0.05) is 23.7 Å². The predicted octanol–water partition coefficient (Wildman–Crippen LogP) is 2.92. The minimum atomic E-state index is -0.0455. The number of nitrogens with zero attached hydrogens (tertiary/aromatic N) is 2. The quantitative estimate of drug-likeness (QED) is 0.779. The van der Waals surface area contributed by atoms with Crippen LogP contribution >= 0.6 is 11.3 Å². The normalized spacial score (nSPS) is 11.1. The number of thiophene rings is 1. The fraction of sp³-hybridized carbons (Fsp3) is 0.214. The van der Waals surface area contributed by atoms with E-state index < -0.39 is 0 Å². The van der Waals surface area contributed by atoms with Gasteiger partial charge in [-0.2, -0.15) is 0 Å². The Hall–Kier alpha value is -2.01. The number of H-pyrrole nitrogens is 1. The highest BCUT2D eigenvalue weighted by molar-refractivity contribution is 7.22. The smallest absolute Gasteiger partial charge is 0.259 e. The average molecular weight is 271 g/mol. The molecule has 3 aromatic rings. The van der Waals surface area contributed by atoms with Crippen LogP contribution in [0.15, 0.2) is 29.3 Å². The number of nitrogens with one attached hydrogen (secondary N) is 1. The fourth-order valence-electron chi connectivity index (χ4n) is 2.13. The van der Waals surface area contributed by atoms with Gasteiger partial charge in [0.2, 0.25) is 0 Å². The number of pyridine rings is 1. The number of fused-ring (bicyclic) bond motifs is 1. The van der Waals surface area contributed by atoms with Crippen molar-refractivity contribution < 1.29 is 0 Å². The maximum absolute atomic E-state index is 12.1. The van der Waals surface area contributed by atoms with E-state index in [2.05, 4.69) is 15.0 Å². The standard InChI is InChI=1S/C14H13N3OS/c1-3-10-16-13(18)11-8(2)12(19-14(11)17-10)9-4-6-15-7-5-9/h4-7H,3H2,1-2H3,(H,16,17,18). The zero-order valence-corrected chi connectivity index (χ0v) is 11.5. The predicted molar refractivity (Wildman–Crippen MR) is 77.6 cm³/mol. The van der Waals surface area contributed by atoms with Crippen molar-refractivity contribution in [3.63, 3.8) is 0 Å². The average Bonchev–Trinajstić information content (AvgIpc) is 2.77. The number of hydrogen-bond donors (Lipinski definition) is 1. The summed E-state index contributed by atoms with van der Waals surface area (Å²) >= 11 is 1.56. The third kappa shape index (κ3) is 1.96. The zero-order chi connectivity index (χ0) is 13.4. The molecule has 96 valence electrons. The molecule has 0 unspecified atom stereocenters. The maximum atomic E-state index is 12.1. The van der Waals surface area contributed by atoms with E-state index in [0.717, 1.165) is 33.1 Å². The first kappa shape index (κ1) is 12.0. The Bertz CT molecular complexity index is 790. The fourth-order valence-corrected chi connectivity index (χ4v) is 3.34. The second-order valence-electron chi connectivity index (χ2n) is 4.34. The van der Waals surface area contributed by atoms with Crippen LogP contribution < -0.4 is 5.56 Å². The molecule has 0 atom stereocenters. The minimum absolute atomic E-state index is 0.0455. The summed E-state index contributed by atoms with van der Waals surface area (Å²) in [4.78, 5) is 25.4. The van der Waals surface area contributed by atoms with Crippen molar-refractivity contribution in [2.24, 2.45) is 0 Å². The van der Waals surface area contributed by atoms with E-state index in [1.165, 1.54) is 0 Å². The first-order chi connectivity index (χ1) is 9.20. The zero-order valence-electron chi connectivity index (χ0n) is 10.7. The Morgan fingerprint density at radius 2 is 2.05 bits per heavy atom. The van der Waals surface area contributed by atoms with Gasteiger partial charge in [-0.05, 0) is 30.2 Å². The van der Waals surface area contributed by atoms with Crippen LogP contribution in [0.1, 0.15) is 18.3 Å². The van der Waals surface area contributed by atoms with Gasteiger partial charge in [-0.25, -0.2) is 4.98 Å². The Kier molecular flexibility index (Phi) is 2.91. The highest BCUT2D eigenvalue weighted by atomic mass is 32.1. The lowest BCUT2D eigenvalue weighted by Crippen LogP contribution is -2.10. The van der Waals surface area contributed by atoms with E-state index in [9.17, 15) is 4.79 Å². The van der Waals surface area contributed by atoms with Gasteiger partial charge in [0.05, 0.1) is 5.39 Å². The van der Waals surface area contributed by atoms with Crippen molar-refractivity contribution in [2.75, 3.05) is 0 Å². The molecule has 0 aliphatic rings. The molecule has 3 rings (SSSR count). The molecule has 0 radical (unpaired) electrons. The minimum Gasteiger partial charge on any atom is -0.310 e. The van der Waals surface area contributed by atoms with Crippen molar-refractivity contribution in [2.45, 2.75) is 20.3 Å². The molecule has 4 nitrogen and oxygen atoms in total. The molecule has 3 aromatic heterocycles. The summed E-state index contributed by atoms with van der Waals surface area (Å²) in [6.45, 7) is 3.95. The van der Waals surface area contributed by atoms with E-state index >= 15 is 0 Å². The van der Waals surface area contributed by atoms with E-state index in [4.69, 9.17) is 0 Å². The molecule has 0 aliphatic heterocycles. The van der Waals surface area contributed by atoms with Gasteiger partial charge in [-0.1, -0.05) is 6.92 Å². The van der Waals surface area contributed by atoms with Gasteiger partial charge >= 0.3 is 0 Å². The molecule has 0 fully saturated rings. The molecule has 0 aliphatic carbocycles. The van der Waals surface area contributed by atoms with Crippen LogP contribution in [-0.4, -0.2) is 15.0 Å². The summed E-state index contributed by atoms with van der Waals surface area (Å²) in [6, 6.07) is 3.90. The van der Waals surface area contributed by atoms with E-state index in [1.807, 2.05) is 26.0 Å². The number of aryl methyl sites for hydroxylation is 2. The summed E-state index contributed by atoms with van der Waals surface area (Å²) in [7, 11) is 0. The first-order valence-corrected chi connectivity index (χ1v) is 6.95. The second kappa shape index (κ2) is 4.59. The molecule has 0 amide bonds. The van der Waals surface area contributed by atoms with E-state index in [-0.39, 0.29) is 5.56 Å².